The van der Waals surface area contributed by atoms with Crippen LogP contribution in [0.15, 0.2) is 24.5 Å². The van der Waals surface area contributed by atoms with Crippen LogP contribution in [0.25, 0.3) is 5.65 Å². The highest BCUT2D eigenvalue weighted by atomic mass is 127. The molecular weight excluding hydrogens is 303 g/mol. The highest BCUT2D eigenvalue weighted by Gasteiger charge is 2.04. The number of anilines is 1. The van der Waals surface area contributed by atoms with Crippen molar-refractivity contribution in [2.45, 2.75) is 0 Å². The number of hydrogen-bond acceptors (Lipinski definition) is 3. The minimum Gasteiger partial charge on any atom is -0.369 e. The molecule has 2 aromatic heterocycles. The summed E-state index contributed by atoms with van der Waals surface area (Å²) in [6.07, 6.45) is 3.96. The number of imidazole rings is 1. The third-order valence-electron chi connectivity index (χ3n) is 2.16. The van der Waals surface area contributed by atoms with E-state index in [2.05, 4.69) is 32.3 Å². The first-order valence-corrected chi connectivity index (χ1v) is 6.00. The summed E-state index contributed by atoms with van der Waals surface area (Å²) in [6, 6.07) is 4.10. The van der Waals surface area contributed by atoms with E-state index in [1.54, 1.807) is 0 Å². The Morgan fingerprint density at radius 3 is 3.07 bits per heavy atom. The number of nitrogens with zero attached hydrogens (tertiary/aromatic N) is 2. The molecule has 0 saturated carbocycles. The molecule has 2 rings (SSSR count). The van der Waals surface area contributed by atoms with Crippen molar-refractivity contribution in [3.63, 3.8) is 0 Å². The molecular formula is C10H14IN4+. The van der Waals surface area contributed by atoms with E-state index in [0.717, 1.165) is 24.6 Å². The molecule has 0 aliphatic heterocycles. The van der Waals surface area contributed by atoms with Gasteiger partial charge in [0.25, 0.3) is 22.6 Å². The van der Waals surface area contributed by atoms with Crippen LogP contribution in [-0.4, -0.2) is 29.5 Å². The summed E-state index contributed by atoms with van der Waals surface area (Å²) in [5.74, 6) is 1.05. The van der Waals surface area contributed by atoms with Crippen LogP contribution in [0.2, 0.25) is 0 Å². The smallest absolute Gasteiger partial charge is 0.298 e. The van der Waals surface area contributed by atoms with Gasteiger partial charge in [-0.15, -0.1) is 0 Å². The molecule has 5 heteroatoms. The van der Waals surface area contributed by atoms with Gasteiger partial charge in [-0.2, -0.15) is 0 Å². The Bertz CT molecular complexity index is 452. The summed E-state index contributed by atoms with van der Waals surface area (Å²) in [5.41, 5.74) is 0.981. The fraction of sp³-hybridized carbons (Fsp3) is 0.300. The molecule has 4 nitrogen and oxygen atoms in total. The average Bonchev–Trinajstić information content (AvgIpc) is 2.62. The van der Waals surface area contributed by atoms with Gasteiger partial charge in [-0.1, -0.05) is 0 Å². The molecule has 0 bridgehead atoms. The third-order valence-corrected chi connectivity index (χ3v) is 2.85. The summed E-state index contributed by atoms with van der Waals surface area (Å²) in [5, 5.41) is 6.43. The lowest BCUT2D eigenvalue weighted by molar-refractivity contribution is -0.328. The van der Waals surface area contributed by atoms with Crippen molar-refractivity contribution >= 4 is 11.5 Å². The quantitative estimate of drug-likeness (QED) is 0.481. The molecule has 15 heavy (non-hydrogen) atoms. The van der Waals surface area contributed by atoms with E-state index in [1.165, 1.54) is 3.57 Å². The summed E-state index contributed by atoms with van der Waals surface area (Å²) in [4.78, 5) is 4.32. The van der Waals surface area contributed by atoms with Gasteiger partial charge in [0.2, 0.25) is 3.57 Å². The highest BCUT2D eigenvalue weighted by Crippen LogP contribution is 2.10. The molecule has 2 aromatic rings. The number of fused-ring (bicyclic) bond motifs is 1. The first-order valence-electron chi connectivity index (χ1n) is 4.84. The molecule has 2 N–H and O–H groups in total. The van der Waals surface area contributed by atoms with Crippen molar-refractivity contribution in [1.82, 2.24) is 14.7 Å². The lowest BCUT2D eigenvalue weighted by Crippen LogP contribution is -3.34. The van der Waals surface area contributed by atoms with E-state index in [-0.39, 0.29) is 0 Å². The van der Waals surface area contributed by atoms with E-state index in [4.69, 9.17) is 0 Å². The van der Waals surface area contributed by atoms with Gasteiger partial charge in [0, 0.05) is 13.1 Å². The molecule has 0 aliphatic carbocycles. The van der Waals surface area contributed by atoms with Crippen LogP contribution in [0.5, 0.6) is 0 Å². The fourth-order valence-corrected chi connectivity index (χ4v) is 1.90. The molecule has 0 saturated heterocycles. The topological polar surface area (TPSA) is 41.4 Å². The van der Waals surface area contributed by atoms with E-state index in [1.807, 2.05) is 41.9 Å². The minimum absolute atomic E-state index is 0.902. The zero-order chi connectivity index (χ0) is 10.7. The van der Waals surface area contributed by atoms with E-state index < -0.39 is 0 Å². The van der Waals surface area contributed by atoms with Crippen LogP contribution in [0, 0.1) is 3.57 Å². The molecule has 0 aromatic carbocycles. The first-order chi connectivity index (χ1) is 7.31. The summed E-state index contributed by atoms with van der Waals surface area (Å²) >= 11 is 2.01. The Labute approximate surface area is 102 Å². The number of likely N-dealkylation sites (N-methyl/N-ethyl adjacent to an activating group) is 1. The Morgan fingerprint density at radius 2 is 2.27 bits per heavy atom. The van der Waals surface area contributed by atoms with Gasteiger partial charge >= 0.3 is 0 Å². The lowest BCUT2D eigenvalue weighted by Gasteiger charge is -2.04. The number of pyridine rings is 1. The Hall–Kier alpha value is -0.820. The molecule has 0 unspecified atom stereocenters. The van der Waals surface area contributed by atoms with Gasteiger partial charge < -0.3 is 10.6 Å². The zero-order valence-electron chi connectivity index (χ0n) is 8.53. The van der Waals surface area contributed by atoms with Crippen LogP contribution in [0.3, 0.4) is 0 Å². The minimum atomic E-state index is 0.902. The van der Waals surface area contributed by atoms with Gasteiger partial charge in [-0.05, 0) is 19.2 Å². The van der Waals surface area contributed by atoms with Crippen LogP contribution >= 0.6 is 0 Å². The predicted molar refractivity (Wildman–Crippen MR) is 57.7 cm³/mol. The molecule has 0 fully saturated rings. The standard InChI is InChI=1S/C10H14IN4/c1-12-4-5-13-10-6-14-9-3-2-8(11)7-15(9)10/h2-3,6-7,11-13H,4-5H2,1H3/q+1. The number of hydrogen-bond donors (Lipinski definition) is 2. The second-order valence-corrected chi connectivity index (χ2v) is 4.61. The Balaban J connectivity index is 2.23. The van der Waals surface area contributed by atoms with E-state index >= 15 is 0 Å². The molecule has 0 spiro atoms. The average molecular weight is 317 g/mol. The molecule has 0 amide bonds. The SMILES string of the molecule is CNCCNc1cnc2ccc([IH+])cn12. The van der Waals surface area contributed by atoms with Crippen molar-refractivity contribution in [3.05, 3.63) is 28.1 Å². The molecule has 0 atom stereocenters. The fourth-order valence-electron chi connectivity index (χ4n) is 1.41. The third kappa shape index (κ3) is 2.40. The predicted octanol–water partition coefficient (Wildman–Crippen LogP) is -2.58. The largest absolute Gasteiger partial charge is 0.369 e. The maximum absolute atomic E-state index is 4.32. The van der Waals surface area contributed by atoms with Crippen LogP contribution < -0.4 is 33.2 Å². The number of halogens is 1. The summed E-state index contributed by atoms with van der Waals surface area (Å²) in [7, 11) is 1.95. The first kappa shape index (κ1) is 10.7. The highest BCUT2D eigenvalue weighted by molar-refractivity contribution is 5.49. The number of rotatable bonds is 4. The van der Waals surface area contributed by atoms with Crippen LogP contribution in [0.1, 0.15) is 0 Å². The molecule has 80 valence electrons. The van der Waals surface area contributed by atoms with Crippen LogP contribution in [0.4, 0.5) is 5.82 Å². The van der Waals surface area contributed by atoms with Gasteiger partial charge in [-0.25, -0.2) is 4.98 Å². The Morgan fingerprint density at radius 1 is 1.40 bits per heavy atom. The van der Waals surface area contributed by atoms with Crippen molar-refractivity contribution in [3.8, 4) is 0 Å². The van der Waals surface area contributed by atoms with E-state index in [0.29, 0.717) is 0 Å². The van der Waals surface area contributed by atoms with E-state index in [9.17, 15) is 0 Å². The Kier molecular flexibility index (Phi) is 3.42. The number of aromatic nitrogens is 2. The molecule has 0 aliphatic rings. The molecule has 2 heterocycles. The van der Waals surface area contributed by atoms with Crippen molar-refractivity contribution in [2.24, 2.45) is 0 Å². The van der Waals surface area contributed by atoms with Crippen molar-refractivity contribution < 1.29 is 22.6 Å². The van der Waals surface area contributed by atoms with Crippen molar-refractivity contribution in [1.29, 1.82) is 0 Å². The number of nitrogens with one attached hydrogen (secondary N) is 2. The van der Waals surface area contributed by atoms with Gasteiger partial charge in [0.1, 0.15) is 11.5 Å². The molecule has 0 radical (unpaired) electrons. The maximum Gasteiger partial charge on any atom is 0.298 e. The monoisotopic (exact) mass is 317 g/mol. The van der Waals surface area contributed by atoms with Crippen LogP contribution in [-0.2, 0) is 0 Å². The van der Waals surface area contributed by atoms with Crippen molar-refractivity contribution in [2.75, 3.05) is 25.5 Å². The summed E-state index contributed by atoms with van der Waals surface area (Å²) < 4.78 is 3.32. The van der Waals surface area contributed by atoms with Gasteiger partial charge in [0.05, 0.1) is 12.4 Å². The second-order valence-electron chi connectivity index (χ2n) is 3.27. The van der Waals surface area contributed by atoms with Gasteiger partial charge in [0.15, 0.2) is 0 Å². The zero-order valence-corrected chi connectivity index (χ0v) is 10.9. The van der Waals surface area contributed by atoms with Gasteiger partial charge in [-0.3, -0.25) is 4.40 Å². The second kappa shape index (κ2) is 4.80. The summed E-state index contributed by atoms with van der Waals surface area (Å²) in [6.45, 7) is 1.85. The lowest BCUT2D eigenvalue weighted by atomic mass is 10.5. The normalized spacial score (nSPS) is 10.8. The maximum atomic E-state index is 4.32.